The van der Waals surface area contributed by atoms with E-state index in [1.165, 1.54) is 0 Å². The predicted octanol–water partition coefficient (Wildman–Crippen LogP) is 3.74. The van der Waals surface area contributed by atoms with Crippen LogP contribution in [0.2, 0.25) is 5.54 Å². The molecule has 1 atom stereocenters. The Bertz CT molecular complexity index is 282. The van der Waals surface area contributed by atoms with Gasteiger partial charge in [-0.1, -0.05) is 34.3 Å². The van der Waals surface area contributed by atoms with Gasteiger partial charge in [-0.15, -0.1) is 0 Å². The fourth-order valence-corrected chi connectivity index (χ4v) is 4.80. The molecule has 20 heavy (non-hydrogen) atoms. The molecular weight excluding hydrogens is 272 g/mol. The van der Waals surface area contributed by atoms with Crippen LogP contribution in [0.4, 0.5) is 0 Å². The number of hydrogen-bond donors (Lipinski definition) is 0. The van der Waals surface area contributed by atoms with E-state index in [4.69, 9.17) is 13.3 Å². The van der Waals surface area contributed by atoms with Crippen LogP contribution in [0, 0.1) is 0 Å². The molecule has 0 aromatic carbocycles. The predicted molar refractivity (Wildman–Crippen MR) is 83.7 cm³/mol. The minimum absolute atomic E-state index is 0.0278. The smallest absolute Gasteiger partial charge is 0.373 e. The average molecular weight is 302 g/mol. The summed E-state index contributed by atoms with van der Waals surface area (Å²) in [6.45, 7) is 15.0. The van der Waals surface area contributed by atoms with Crippen LogP contribution in [0.3, 0.4) is 0 Å². The lowest BCUT2D eigenvalue weighted by molar-refractivity contribution is -0.116. The minimum atomic E-state index is -3.00. The van der Waals surface area contributed by atoms with Crippen LogP contribution < -0.4 is 0 Å². The van der Waals surface area contributed by atoms with E-state index >= 15 is 0 Å². The molecule has 0 spiro atoms. The summed E-state index contributed by atoms with van der Waals surface area (Å²) in [4.78, 5) is 12.3. The van der Waals surface area contributed by atoms with Gasteiger partial charge in [-0.2, -0.15) is 0 Å². The molecule has 4 nitrogen and oxygen atoms in total. The second-order valence-corrected chi connectivity index (χ2v) is 7.95. The van der Waals surface area contributed by atoms with Gasteiger partial charge in [0.1, 0.15) is 0 Å². The van der Waals surface area contributed by atoms with Gasteiger partial charge in [0.25, 0.3) is 0 Å². The molecule has 0 aromatic rings. The highest BCUT2D eigenvalue weighted by Gasteiger charge is 2.50. The number of hydrogen-bond acceptors (Lipinski definition) is 4. The Morgan fingerprint density at radius 3 is 1.60 bits per heavy atom. The lowest BCUT2D eigenvalue weighted by Gasteiger charge is -2.33. The van der Waals surface area contributed by atoms with Gasteiger partial charge in [0.2, 0.25) is 0 Å². The van der Waals surface area contributed by atoms with E-state index in [0.29, 0.717) is 25.4 Å². The molecule has 0 fully saturated rings. The summed E-state index contributed by atoms with van der Waals surface area (Å²) >= 11 is 0. The molecule has 0 N–H and O–H groups in total. The van der Waals surface area contributed by atoms with Crippen LogP contribution in [0.5, 0.6) is 0 Å². The fourth-order valence-electron chi connectivity index (χ4n) is 1.76. The maximum absolute atomic E-state index is 12.3. The van der Waals surface area contributed by atoms with Crippen LogP contribution in [0.15, 0.2) is 12.2 Å². The van der Waals surface area contributed by atoms with Crippen LogP contribution in [-0.4, -0.2) is 34.4 Å². The zero-order chi connectivity index (χ0) is 15.6. The standard InChI is InChI=1S/C15H30O4Si/c1-7-10-17-20(18-11-8-2,19-12-9-3)14(6)15(16)13(4)5/h14H,4,7-12H2,1-3,5-6H3. The van der Waals surface area contributed by atoms with Gasteiger partial charge in [0, 0.05) is 19.8 Å². The van der Waals surface area contributed by atoms with Gasteiger partial charge in [-0.25, -0.2) is 0 Å². The molecule has 0 aromatic heterocycles. The van der Waals surface area contributed by atoms with Crippen molar-refractivity contribution in [1.29, 1.82) is 0 Å². The van der Waals surface area contributed by atoms with E-state index in [1.54, 1.807) is 6.92 Å². The highest BCUT2D eigenvalue weighted by atomic mass is 28.4. The molecule has 0 heterocycles. The van der Waals surface area contributed by atoms with Crippen LogP contribution in [0.25, 0.3) is 0 Å². The fraction of sp³-hybridized carbons (Fsp3) is 0.800. The first kappa shape index (κ1) is 19.5. The summed E-state index contributed by atoms with van der Waals surface area (Å²) in [5.41, 5.74) is 0.124. The van der Waals surface area contributed by atoms with Gasteiger partial charge in [-0.3, -0.25) is 4.79 Å². The number of ketones is 1. The van der Waals surface area contributed by atoms with Crippen molar-refractivity contribution in [3.8, 4) is 0 Å². The molecule has 0 saturated carbocycles. The van der Waals surface area contributed by atoms with E-state index in [2.05, 4.69) is 6.58 Å². The van der Waals surface area contributed by atoms with Crippen molar-refractivity contribution in [3.63, 3.8) is 0 Å². The molecule has 0 aliphatic carbocycles. The molecule has 0 rings (SSSR count). The largest absolute Gasteiger partial charge is 0.512 e. The summed E-state index contributed by atoms with van der Waals surface area (Å²) in [6.07, 6.45) is 2.61. The Morgan fingerprint density at radius 1 is 1.00 bits per heavy atom. The summed E-state index contributed by atoms with van der Waals surface area (Å²) in [6, 6.07) is 0. The van der Waals surface area contributed by atoms with Gasteiger partial charge < -0.3 is 13.3 Å². The first-order chi connectivity index (χ1) is 9.45. The SMILES string of the molecule is C=C(C)C(=O)C(C)[Si](OCCC)(OCCC)OCCC. The van der Waals surface area contributed by atoms with E-state index in [0.717, 1.165) is 19.3 Å². The zero-order valence-electron chi connectivity index (χ0n) is 13.7. The van der Waals surface area contributed by atoms with Crippen molar-refractivity contribution < 1.29 is 18.1 Å². The Kier molecular flexibility index (Phi) is 10.0. The molecule has 0 aliphatic heterocycles. The highest BCUT2D eigenvalue weighted by Crippen LogP contribution is 2.29. The van der Waals surface area contributed by atoms with Crippen LogP contribution >= 0.6 is 0 Å². The summed E-state index contributed by atoms with van der Waals surface area (Å²) in [5.74, 6) is -0.0278. The number of allylic oxidation sites excluding steroid dienone is 1. The molecule has 0 radical (unpaired) electrons. The Hall–Kier alpha value is -0.493. The lowest BCUT2D eigenvalue weighted by atomic mass is 10.2. The third-order valence-electron chi connectivity index (χ3n) is 2.87. The van der Waals surface area contributed by atoms with Crippen molar-refractivity contribution in [3.05, 3.63) is 12.2 Å². The third-order valence-corrected chi connectivity index (χ3v) is 6.01. The second-order valence-electron chi connectivity index (χ2n) is 5.02. The topological polar surface area (TPSA) is 44.8 Å². The van der Waals surface area contributed by atoms with Gasteiger partial charge in [0.15, 0.2) is 5.78 Å². The molecule has 118 valence electrons. The summed E-state index contributed by atoms with van der Waals surface area (Å²) < 4.78 is 17.8. The third kappa shape index (κ3) is 5.87. The van der Waals surface area contributed by atoms with Crippen molar-refractivity contribution in [2.75, 3.05) is 19.8 Å². The molecule has 0 aliphatic rings. The Balaban J connectivity index is 5.19. The summed E-state index contributed by atoms with van der Waals surface area (Å²) in [5, 5.41) is 0. The van der Waals surface area contributed by atoms with E-state index in [9.17, 15) is 4.79 Å². The van der Waals surface area contributed by atoms with Crippen LogP contribution in [0.1, 0.15) is 53.9 Å². The number of carbonyl (C=O) groups is 1. The van der Waals surface area contributed by atoms with Crippen molar-refractivity contribution in [2.45, 2.75) is 59.4 Å². The minimum Gasteiger partial charge on any atom is -0.373 e. The van der Waals surface area contributed by atoms with Crippen molar-refractivity contribution in [1.82, 2.24) is 0 Å². The maximum atomic E-state index is 12.3. The quantitative estimate of drug-likeness (QED) is 0.407. The molecule has 0 bridgehead atoms. The summed E-state index contributed by atoms with van der Waals surface area (Å²) in [7, 11) is -3.00. The number of carbonyl (C=O) groups excluding carboxylic acids is 1. The van der Waals surface area contributed by atoms with Crippen LogP contribution in [-0.2, 0) is 18.1 Å². The number of rotatable bonds is 12. The van der Waals surface area contributed by atoms with E-state index in [-0.39, 0.29) is 5.78 Å². The normalized spacial score (nSPS) is 13.2. The molecule has 1 unspecified atom stereocenters. The van der Waals surface area contributed by atoms with Crippen molar-refractivity contribution >= 4 is 14.6 Å². The van der Waals surface area contributed by atoms with Gasteiger partial charge in [0.05, 0.1) is 5.54 Å². The molecule has 0 saturated heterocycles. The van der Waals surface area contributed by atoms with E-state index < -0.39 is 14.3 Å². The average Bonchev–Trinajstić information content (AvgIpc) is 2.45. The highest BCUT2D eigenvalue weighted by molar-refractivity contribution is 6.67. The maximum Gasteiger partial charge on any atom is 0.512 e. The monoisotopic (exact) mass is 302 g/mol. The Labute approximate surface area is 124 Å². The van der Waals surface area contributed by atoms with Gasteiger partial charge >= 0.3 is 8.80 Å². The Morgan fingerprint density at radius 2 is 1.35 bits per heavy atom. The van der Waals surface area contributed by atoms with Crippen molar-refractivity contribution in [2.24, 2.45) is 0 Å². The lowest BCUT2D eigenvalue weighted by Crippen LogP contribution is -2.52. The zero-order valence-corrected chi connectivity index (χ0v) is 14.7. The molecule has 5 heteroatoms. The van der Waals surface area contributed by atoms with Gasteiger partial charge in [-0.05, 0) is 31.8 Å². The first-order valence-corrected chi connectivity index (χ1v) is 9.36. The molecular formula is C15H30O4Si. The van der Waals surface area contributed by atoms with E-state index in [1.807, 2.05) is 27.7 Å². The first-order valence-electron chi connectivity index (χ1n) is 7.56. The molecule has 0 amide bonds. The second kappa shape index (κ2) is 10.3. The number of Topliss-reactive ketones (excluding diaryl/α,β-unsaturated/α-hetero) is 1.